The first-order valence-electron chi connectivity index (χ1n) is 9.76. The summed E-state index contributed by atoms with van der Waals surface area (Å²) in [6.07, 6.45) is 0.594. The Morgan fingerprint density at radius 1 is 1.32 bits per heavy atom. The molecule has 0 radical (unpaired) electrons. The number of aryl methyl sites for hydroxylation is 1. The van der Waals surface area contributed by atoms with Crippen LogP contribution in [0.1, 0.15) is 50.1 Å². The molecule has 31 heavy (non-hydrogen) atoms. The number of hydrogen-bond acceptors (Lipinski definition) is 7. The highest BCUT2D eigenvalue weighted by Crippen LogP contribution is 2.37. The van der Waals surface area contributed by atoms with Gasteiger partial charge in [0.1, 0.15) is 28.7 Å². The van der Waals surface area contributed by atoms with Crippen LogP contribution in [0.2, 0.25) is 5.15 Å². The largest absolute Gasteiger partial charge is 0.484 e. The molecule has 2 heterocycles. The second kappa shape index (κ2) is 7.75. The molecule has 3 aromatic rings. The Labute approximate surface area is 184 Å². The zero-order valence-corrected chi connectivity index (χ0v) is 18.4. The number of carbonyl (C=O) groups is 1. The number of hydrogen-bond donors (Lipinski definition) is 0. The molecular weight excluding hydrogens is 420 g/mol. The van der Waals surface area contributed by atoms with Crippen molar-refractivity contribution in [3.8, 4) is 17.7 Å². The molecule has 0 fully saturated rings. The lowest BCUT2D eigenvalue weighted by Crippen LogP contribution is -2.27. The van der Waals surface area contributed by atoms with Crippen molar-refractivity contribution >= 4 is 28.6 Å². The van der Waals surface area contributed by atoms with Crippen LogP contribution in [-0.2, 0) is 11.2 Å². The van der Waals surface area contributed by atoms with E-state index < -0.39 is 11.7 Å². The second-order valence-electron chi connectivity index (χ2n) is 8.21. The Morgan fingerprint density at radius 3 is 2.77 bits per heavy atom. The van der Waals surface area contributed by atoms with Crippen LogP contribution < -0.4 is 9.47 Å². The maximum Gasteiger partial charge on any atom is 0.435 e. The molecule has 1 atom stereocenters. The quantitative estimate of drug-likeness (QED) is 0.538. The Kier molecular flexibility index (Phi) is 5.23. The fourth-order valence-corrected chi connectivity index (χ4v) is 3.73. The minimum absolute atomic E-state index is 0.174. The summed E-state index contributed by atoms with van der Waals surface area (Å²) in [4.78, 5) is 16.9. The molecule has 0 saturated heterocycles. The van der Waals surface area contributed by atoms with Gasteiger partial charge in [0.25, 0.3) is 0 Å². The van der Waals surface area contributed by atoms with Crippen molar-refractivity contribution in [1.82, 2.24) is 14.8 Å². The molecule has 0 spiro atoms. The van der Waals surface area contributed by atoms with Crippen LogP contribution in [0.4, 0.5) is 4.79 Å². The van der Waals surface area contributed by atoms with E-state index in [2.05, 4.69) is 16.2 Å². The van der Waals surface area contributed by atoms with Crippen LogP contribution in [0.3, 0.4) is 0 Å². The molecule has 8 nitrogen and oxygen atoms in total. The monoisotopic (exact) mass is 440 g/mol. The number of carbonyl (C=O) groups excluding carboxylic acids is 1. The van der Waals surface area contributed by atoms with Gasteiger partial charge >= 0.3 is 6.09 Å². The summed E-state index contributed by atoms with van der Waals surface area (Å²) < 4.78 is 18.1. The Hall–Kier alpha value is -3.31. The number of halogens is 1. The summed E-state index contributed by atoms with van der Waals surface area (Å²) in [5.74, 6) is 0.868. The molecule has 2 aromatic heterocycles. The Balaban J connectivity index is 1.65. The Morgan fingerprint density at radius 2 is 2.10 bits per heavy atom. The topological polar surface area (TPSA) is 99.3 Å². The third-order valence-electron chi connectivity index (χ3n) is 4.85. The molecule has 160 valence electrons. The van der Waals surface area contributed by atoms with Crippen molar-refractivity contribution < 1.29 is 19.0 Å². The third kappa shape index (κ3) is 4.01. The van der Waals surface area contributed by atoms with Gasteiger partial charge in [-0.3, -0.25) is 0 Å². The van der Waals surface area contributed by atoms with Crippen molar-refractivity contribution in [3.63, 3.8) is 0 Å². The molecule has 9 heteroatoms. The molecule has 1 aromatic carbocycles. The molecule has 0 N–H and O–H groups in total. The highest BCUT2D eigenvalue weighted by molar-refractivity contribution is 6.30. The standard InChI is InChI=1S/C22H21ClN4O4/c1-22(2,3)31-21(28)27-16-7-6-14(10-15(16)20(26-27)29-4)30-17-8-5-12-9-13(11-24)19(23)25-18(12)17/h6-7,9-10,17H,5,8H2,1-4H3. The van der Waals surface area contributed by atoms with Crippen molar-refractivity contribution in [3.05, 3.63) is 46.2 Å². The maximum absolute atomic E-state index is 12.5. The lowest BCUT2D eigenvalue weighted by molar-refractivity contribution is 0.0520. The Bertz CT molecular complexity index is 1220. The first-order chi connectivity index (χ1) is 14.7. The number of nitrogens with zero attached hydrogens (tertiary/aromatic N) is 4. The van der Waals surface area contributed by atoms with E-state index in [0.717, 1.165) is 24.1 Å². The van der Waals surface area contributed by atoms with Crippen LogP contribution in [-0.4, -0.2) is 33.6 Å². The fraction of sp³-hybridized carbons (Fsp3) is 0.364. The van der Waals surface area contributed by atoms with Gasteiger partial charge in [-0.15, -0.1) is 5.10 Å². The zero-order chi connectivity index (χ0) is 22.3. The van der Waals surface area contributed by atoms with Crippen LogP contribution in [0.5, 0.6) is 11.6 Å². The number of ether oxygens (including phenoxy) is 3. The van der Waals surface area contributed by atoms with Gasteiger partial charge in [-0.25, -0.2) is 9.78 Å². The van der Waals surface area contributed by atoms with Gasteiger partial charge < -0.3 is 14.2 Å². The summed E-state index contributed by atoms with van der Waals surface area (Å²) in [5.41, 5.74) is 1.95. The first-order valence-corrected chi connectivity index (χ1v) is 10.1. The van der Waals surface area contributed by atoms with Gasteiger partial charge in [0.05, 0.1) is 29.3 Å². The lowest BCUT2D eigenvalue weighted by Gasteiger charge is -2.19. The van der Waals surface area contributed by atoms with Gasteiger partial charge in [0.2, 0.25) is 5.88 Å². The van der Waals surface area contributed by atoms with Gasteiger partial charge in [0, 0.05) is 0 Å². The molecular formula is C22H21ClN4O4. The minimum atomic E-state index is -0.652. The van der Waals surface area contributed by atoms with Crippen molar-refractivity contribution in [2.24, 2.45) is 0 Å². The highest BCUT2D eigenvalue weighted by atomic mass is 35.5. The molecule has 1 aliphatic rings. The predicted octanol–water partition coefficient (Wildman–Crippen LogP) is 4.81. The predicted molar refractivity (Wildman–Crippen MR) is 114 cm³/mol. The van der Waals surface area contributed by atoms with Gasteiger partial charge in [-0.1, -0.05) is 11.6 Å². The van der Waals surface area contributed by atoms with Crippen LogP contribution >= 0.6 is 11.6 Å². The lowest BCUT2D eigenvalue weighted by atomic mass is 10.1. The highest BCUT2D eigenvalue weighted by Gasteiger charge is 2.28. The number of nitriles is 1. The first kappa shape index (κ1) is 20.9. The summed E-state index contributed by atoms with van der Waals surface area (Å²) in [7, 11) is 1.49. The molecule has 1 aliphatic carbocycles. The number of fused-ring (bicyclic) bond motifs is 2. The van der Waals surface area contributed by atoms with Gasteiger partial charge in [-0.05, 0) is 63.4 Å². The zero-order valence-electron chi connectivity index (χ0n) is 17.6. The summed E-state index contributed by atoms with van der Waals surface area (Å²) in [6.45, 7) is 5.37. The summed E-state index contributed by atoms with van der Waals surface area (Å²) in [6, 6.07) is 9.08. The fourth-order valence-electron chi connectivity index (χ4n) is 3.54. The van der Waals surface area contributed by atoms with E-state index in [1.807, 2.05) is 0 Å². The van der Waals surface area contributed by atoms with E-state index in [0.29, 0.717) is 22.2 Å². The van der Waals surface area contributed by atoms with Crippen molar-refractivity contribution in [2.75, 3.05) is 7.11 Å². The number of rotatable bonds is 3. The summed E-state index contributed by atoms with van der Waals surface area (Å²) in [5, 5.41) is 14.2. The van der Waals surface area contributed by atoms with Crippen molar-refractivity contribution in [2.45, 2.75) is 45.3 Å². The average Bonchev–Trinajstić information content (AvgIpc) is 3.27. The number of aromatic nitrogens is 3. The van der Waals surface area contributed by atoms with Gasteiger partial charge in [0.15, 0.2) is 0 Å². The summed E-state index contributed by atoms with van der Waals surface area (Å²) >= 11 is 6.11. The van der Waals surface area contributed by atoms with E-state index in [-0.39, 0.29) is 17.1 Å². The molecule has 0 amide bonds. The van der Waals surface area contributed by atoms with E-state index in [4.69, 9.17) is 31.1 Å². The smallest absolute Gasteiger partial charge is 0.435 e. The van der Waals surface area contributed by atoms with Crippen molar-refractivity contribution in [1.29, 1.82) is 5.26 Å². The maximum atomic E-state index is 12.5. The normalized spacial score (nSPS) is 15.4. The minimum Gasteiger partial charge on any atom is -0.484 e. The van der Waals surface area contributed by atoms with E-state index in [1.165, 1.54) is 11.8 Å². The van der Waals surface area contributed by atoms with Gasteiger partial charge in [-0.2, -0.15) is 9.94 Å². The molecule has 4 rings (SSSR count). The van der Waals surface area contributed by atoms with Crippen LogP contribution in [0, 0.1) is 11.3 Å². The van der Waals surface area contributed by atoms with Crippen LogP contribution in [0.25, 0.3) is 10.9 Å². The molecule has 0 saturated carbocycles. The van der Waals surface area contributed by atoms with E-state index >= 15 is 0 Å². The second-order valence-corrected chi connectivity index (χ2v) is 8.57. The molecule has 0 bridgehead atoms. The third-order valence-corrected chi connectivity index (χ3v) is 5.13. The van der Waals surface area contributed by atoms with E-state index in [9.17, 15) is 4.79 Å². The number of methoxy groups -OCH3 is 1. The number of benzene rings is 1. The van der Waals surface area contributed by atoms with Crippen LogP contribution in [0.15, 0.2) is 24.3 Å². The van der Waals surface area contributed by atoms with E-state index in [1.54, 1.807) is 45.0 Å². The molecule has 0 aliphatic heterocycles. The SMILES string of the molecule is COc1nn(C(=O)OC(C)(C)C)c2ccc(OC3CCc4cc(C#N)c(Cl)nc43)cc12. The average molecular weight is 441 g/mol. The molecule has 1 unspecified atom stereocenters. The number of pyridine rings is 1.